The number of hydrogen-bond donors (Lipinski definition) is 2. The Balaban J connectivity index is 1.62. The van der Waals surface area contributed by atoms with Gasteiger partial charge in [0.1, 0.15) is 5.82 Å². The van der Waals surface area contributed by atoms with Crippen LogP contribution in [0.1, 0.15) is 48.2 Å². The Kier molecular flexibility index (Phi) is 5.45. The number of carbonyl (C=O) groups is 1. The highest BCUT2D eigenvalue weighted by Gasteiger charge is 2.15. The van der Waals surface area contributed by atoms with Gasteiger partial charge in [-0.25, -0.2) is 0 Å². The van der Waals surface area contributed by atoms with Gasteiger partial charge < -0.3 is 10.6 Å². The monoisotopic (exact) mass is 388 g/mol. The first kappa shape index (κ1) is 16.9. The Morgan fingerprint density at radius 2 is 1.92 bits per heavy atom. The first-order chi connectivity index (χ1) is 11.6. The maximum absolute atomic E-state index is 12.3. The van der Waals surface area contributed by atoms with E-state index in [4.69, 9.17) is 0 Å². The van der Waals surface area contributed by atoms with E-state index in [0.717, 1.165) is 21.5 Å². The molecule has 6 heteroatoms. The zero-order chi connectivity index (χ0) is 16.9. The van der Waals surface area contributed by atoms with Gasteiger partial charge in [0.15, 0.2) is 5.69 Å². The van der Waals surface area contributed by atoms with Gasteiger partial charge in [0.25, 0.3) is 5.91 Å². The van der Waals surface area contributed by atoms with Crippen LogP contribution < -0.4 is 10.6 Å². The molecule has 2 aromatic rings. The average molecular weight is 389 g/mol. The van der Waals surface area contributed by atoms with E-state index in [9.17, 15) is 4.79 Å². The second-order valence-corrected chi connectivity index (χ2v) is 7.07. The molecule has 0 aliphatic heterocycles. The molecule has 1 aliphatic carbocycles. The normalized spacial score (nSPS) is 15.1. The zero-order valence-corrected chi connectivity index (χ0v) is 15.3. The van der Waals surface area contributed by atoms with Gasteiger partial charge in [0.05, 0.1) is 5.69 Å². The Labute approximate surface area is 150 Å². The molecule has 0 bridgehead atoms. The van der Waals surface area contributed by atoms with E-state index >= 15 is 0 Å². The fourth-order valence-electron chi connectivity index (χ4n) is 2.89. The van der Waals surface area contributed by atoms with Gasteiger partial charge in [-0.3, -0.25) is 4.79 Å². The molecule has 0 unspecified atom stereocenters. The summed E-state index contributed by atoms with van der Waals surface area (Å²) < 4.78 is 0.847. The Morgan fingerprint density at radius 3 is 2.58 bits per heavy atom. The molecule has 1 aromatic heterocycles. The maximum Gasteiger partial charge on any atom is 0.276 e. The molecule has 1 amide bonds. The molecule has 126 valence electrons. The maximum atomic E-state index is 12.3. The predicted octanol–water partition coefficient (Wildman–Crippen LogP) is 4.54. The quantitative estimate of drug-likeness (QED) is 0.806. The topological polar surface area (TPSA) is 66.9 Å². The first-order valence-electron chi connectivity index (χ1n) is 8.29. The van der Waals surface area contributed by atoms with Crippen molar-refractivity contribution in [1.29, 1.82) is 0 Å². The summed E-state index contributed by atoms with van der Waals surface area (Å²) in [5.41, 5.74) is 2.14. The van der Waals surface area contributed by atoms with Crippen molar-refractivity contribution in [2.75, 3.05) is 10.6 Å². The number of halogens is 1. The molecule has 3 rings (SSSR count). The highest BCUT2D eigenvalue weighted by molar-refractivity contribution is 9.10. The minimum absolute atomic E-state index is 0.267. The van der Waals surface area contributed by atoms with Crippen LogP contribution in [0.5, 0.6) is 0 Å². The van der Waals surface area contributed by atoms with Gasteiger partial charge in [-0.1, -0.05) is 25.3 Å². The Morgan fingerprint density at radius 1 is 1.12 bits per heavy atom. The third kappa shape index (κ3) is 4.32. The molecule has 0 atom stereocenters. The molecule has 2 N–H and O–H groups in total. The van der Waals surface area contributed by atoms with Crippen LogP contribution in [0.4, 0.5) is 11.5 Å². The van der Waals surface area contributed by atoms with Crippen molar-refractivity contribution in [2.45, 2.75) is 45.1 Å². The van der Waals surface area contributed by atoms with Crippen LogP contribution >= 0.6 is 15.9 Å². The molecular formula is C18H21BrN4O. The molecule has 24 heavy (non-hydrogen) atoms. The number of amides is 1. The van der Waals surface area contributed by atoms with E-state index in [-0.39, 0.29) is 5.91 Å². The Bertz CT molecular complexity index is 711. The highest BCUT2D eigenvalue weighted by atomic mass is 79.9. The van der Waals surface area contributed by atoms with Crippen molar-refractivity contribution in [2.24, 2.45) is 0 Å². The fourth-order valence-corrected chi connectivity index (χ4v) is 3.49. The summed E-state index contributed by atoms with van der Waals surface area (Å²) in [6, 6.07) is 9.76. The number of hydrogen-bond acceptors (Lipinski definition) is 4. The second kappa shape index (κ2) is 7.75. The van der Waals surface area contributed by atoms with Crippen molar-refractivity contribution < 1.29 is 4.79 Å². The average Bonchev–Trinajstić information content (AvgIpc) is 2.59. The summed E-state index contributed by atoms with van der Waals surface area (Å²) in [5.74, 6) is 0.464. The molecule has 0 spiro atoms. The number of nitrogens with one attached hydrogen (secondary N) is 2. The third-order valence-electron chi connectivity index (χ3n) is 4.23. The zero-order valence-electron chi connectivity index (χ0n) is 13.7. The summed E-state index contributed by atoms with van der Waals surface area (Å²) in [7, 11) is 0. The molecule has 1 saturated carbocycles. The lowest BCUT2D eigenvalue weighted by atomic mass is 9.95. The van der Waals surface area contributed by atoms with Crippen LogP contribution in [0.25, 0.3) is 0 Å². The summed E-state index contributed by atoms with van der Waals surface area (Å²) in [5, 5.41) is 14.4. The summed E-state index contributed by atoms with van der Waals surface area (Å²) in [6.07, 6.45) is 6.18. The fraction of sp³-hybridized carbons (Fsp3) is 0.389. The van der Waals surface area contributed by atoms with Crippen molar-refractivity contribution >= 4 is 33.3 Å². The molecular weight excluding hydrogens is 368 g/mol. The SMILES string of the molecule is Cc1ccc(NC(=O)c2ccc(NC3CCCCC3)nn2)c(Br)c1. The Hall–Kier alpha value is -1.95. The number of aryl methyl sites for hydroxylation is 1. The van der Waals surface area contributed by atoms with Crippen LogP contribution in [0.2, 0.25) is 0 Å². The minimum atomic E-state index is -0.267. The predicted molar refractivity (Wildman–Crippen MR) is 99.4 cm³/mol. The van der Waals surface area contributed by atoms with Crippen molar-refractivity contribution in [3.63, 3.8) is 0 Å². The van der Waals surface area contributed by atoms with E-state index in [1.807, 2.05) is 31.2 Å². The van der Waals surface area contributed by atoms with E-state index in [0.29, 0.717) is 11.7 Å². The van der Waals surface area contributed by atoms with Crippen molar-refractivity contribution in [1.82, 2.24) is 10.2 Å². The first-order valence-corrected chi connectivity index (χ1v) is 9.09. The molecule has 0 radical (unpaired) electrons. The van der Waals surface area contributed by atoms with Crippen LogP contribution in [0.15, 0.2) is 34.8 Å². The minimum Gasteiger partial charge on any atom is -0.366 e. The van der Waals surface area contributed by atoms with E-state index in [2.05, 4.69) is 36.8 Å². The molecule has 1 aliphatic rings. The van der Waals surface area contributed by atoms with Gasteiger partial charge in [-0.15, -0.1) is 10.2 Å². The lowest BCUT2D eigenvalue weighted by Crippen LogP contribution is -2.23. The number of aromatic nitrogens is 2. The number of rotatable bonds is 4. The molecule has 1 heterocycles. The lowest BCUT2D eigenvalue weighted by Gasteiger charge is -2.22. The van der Waals surface area contributed by atoms with Gasteiger partial charge in [0, 0.05) is 10.5 Å². The van der Waals surface area contributed by atoms with E-state index in [1.54, 1.807) is 6.07 Å². The molecule has 1 fully saturated rings. The number of benzene rings is 1. The summed E-state index contributed by atoms with van der Waals surface area (Å²) in [6.45, 7) is 2.00. The summed E-state index contributed by atoms with van der Waals surface area (Å²) >= 11 is 3.45. The van der Waals surface area contributed by atoms with Crippen LogP contribution in [-0.2, 0) is 0 Å². The smallest absolute Gasteiger partial charge is 0.276 e. The van der Waals surface area contributed by atoms with Crippen LogP contribution in [0.3, 0.4) is 0 Å². The number of carbonyl (C=O) groups excluding carboxylic acids is 1. The van der Waals surface area contributed by atoms with Gasteiger partial charge >= 0.3 is 0 Å². The lowest BCUT2D eigenvalue weighted by molar-refractivity contribution is 0.102. The number of nitrogens with zero attached hydrogens (tertiary/aromatic N) is 2. The molecule has 5 nitrogen and oxygen atoms in total. The van der Waals surface area contributed by atoms with E-state index in [1.165, 1.54) is 32.1 Å². The van der Waals surface area contributed by atoms with Gasteiger partial charge in [-0.2, -0.15) is 0 Å². The standard InChI is InChI=1S/C18H21BrN4O/c1-12-7-8-15(14(19)11-12)21-18(24)16-9-10-17(23-22-16)20-13-5-3-2-4-6-13/h7-11,13H,2-6H2,1H3,(H,20,23)(H,21,24). The van der Waals surface area contributed by atoms with Crippen LogP contribution in [-0.4, -0.2) is 22.1 Å². The third-order valence-corrected chi connectivity index (χ3v) is 4.88. The molecule has 1 aromatic carbocycles. The van der Waals surface area contributed by atoms with Gasteiger partial charge in [0.2, 0.25) is 0 Å². The van der Waals surface area contributed by atoms with Crippen molar-refractivity contribution in [3.8, 4) is 0 Å². The second-order valence-electron chi connectivity index (χ2n) is 6.22. The highest BCUT2D eigenvalue weighted by Crippen LogP contribution is 2.24. The molecule has 0 saturated heterocycles. The van der Waals surface area contributed by atoms with E-state index < -0.39 is 0 Å². The largest absolute Gasteiger partial charge is 0.366 e. The van der Waals surface area contributed by atoms with Crippen molar-refractivity contribution in [3.05, 3.63) is 46.1 Å². The summed E-state index contributed by atoms with van der Waals surface area (Å²) in [4.78, 5) is 12.3. The van der Waals surface area contributed by atoms with Gasteiger partial charge in [-0.05, 0) is 65.5 Å². The van der Waals surface area contributed by atoms with Crippen LogP contribution in [0, 0.1) is 6.92 Å². The number of anilines is 2.